The van der Waals surface area contributed by atoms with Crippen LogP contribution >= 0.6 is 0 Å². The Morgan fingerprint density at radius 1 is 0.909 bits per heavy atom. The van der Waals surface area contributed by atoms with E-state index in [0.29, 0.717) is 19.4 Å². The molecule has 0 aliphatic rings. The topological polar surface area (TPSA) is 29.1 Å². The third kappa shape index (κ3) is 19.6. The summed E-state index contributed by atoms with van der Waals surface area (Å²) in [5.74, 6) is 11.6. The van der Waals surface area contributed by atoms with Gasteiger partial charge in [-0.2, -0.15) is 0 Å². The molecule has 119 valence electrons. The summed E-state index contributed by atoms with van der Waals surface area (Å²) in [6.45, 7) is 6.24. The summed E-state index contributed by atoms with van der Waals surface area (Å²) >= 11 is 0. The first-order valence-electron chi connectivity index (χ1n) is 8.33. The van der Waals surface area contributed by atoms with Crippen LogP contribution in [0.4, 0.5) is 0 Å². The van der Waals surface area contributed by atoms with Gasteiger partial charge >= 0.3 is 29.6 Å². The van der Waals surface area contributed by atoms with Crippen LogP contribution in [-0.2, 0) is 4.79 Å². The van der Waals surface area contributed by atoms with Gasteiger partial charge in [-0.3, -0.25) is 4.79 Å². The van der Waals surface area contributed by atoms with E-state index in [9.17, 15) is 4.79 Å². The first-order chi connectivity index (χ1) is 10.3. The second-order valence-corrected chi connectivity index (χ2v) is 5.18. The van der Waals surface area contributed by atoms with E-state index in [4.69, 9.17) is 0 Å². The molecule has 0 spiro atoms. The van der Waals surface area contributed by atoms with Gasteiger partial charge in [0, 0.05) is 25.8 Å². The number of amides is 1. The normalized spacial score (nSPS) is 8.82. The maximum atomic E-state index is 11.1. The molecule has 3 heteroatoms. The standard InChI is InChI=1S/C19H30NO.Na.H/c1-3-5-6-7-8-9-10-11-12-13-14-15-16-17-18-19(21)20-4-2;;/h2-12,17-18H2,1H3,(H,20,21);;. The monoisotopic (exact) mass is 312 g/mol. The van der Waals surface area contributed by atoms with Crippen molar-refractivity contribution in [1.29, 1.82) is 0 Å². The fourth-order valence-corrected chi connectivity index (χ4v) is 1.96. The zero-order valence-electron chi connectivity index (χ0n) is 13.6. The molecule has 22 heavy (non-hydrogen) atoms. The van der Waals surface area contributed by atoms with E-state index in [-0.39, 0.29) is 35.5 Å². The van der Waals surface area contributed by atoms with E-state index < -0.39 is 0 Å². The zero-order valence-corrected chi connectivity index (χ0v) is 13.6. The predicted octanol–water partition coefficient (Wildman–Crippen LogP) is 3.61. The number of rotatable bonds is 11. The van der Waals surface area contributed by atoms with Crippen LogP contribution in [0.3, 0.4) is 0 Å². The SMILES string of the molecule is [CH2]CNC(=O)CCC#CC#CCCCCCCCCCC.[NaH]. The molecule has 0 heterocycles. The summed E-state index contributed by atoms with van der Waals surface area (Å²) in [6.07, 6.45) is 12.5. The van der Waals surface area contributed by atoms with E-state index in [1.165, 1.54) is 51.4 Å². The molecule has 0 aromatic carbocycles. The Labute approximate surface area is 159 Å². The van der Waals surface area contributed by atoms with Crippen LogP contribution in [0, 0.1) is 30.6 Å². The molecule has 0 bridgehead atoms. The molecule has 1 amide bonds. The zero-order chi connectivity index (χ0) is 15.6. The molecule has 0 saturated carbocycles. The summed E-state index contributed by atoms with van der Waals surface area (Å²) in [5.41, 5.74) is 0. The van der Waals surface area contributed by atoms with Crippen LogP contribution in [-0.4, -0.2) is 42.0 Å². The number of unbranched alkanes of at least 4 members (excludes halogenated alkanes) is 8. The Morgan fingerprint density at radius 3 is 2.05 bits per heavy atom. The molecule has 0 aromatic rings. The molecule has 0 fully saturated rings. The van der Waals surface area contributed by atoms with Gasteiger partial charge < -0.3 is 5.32 Å². The average molecular weight is 312 g/mol. The Balaban J connectivity index is 0. The maximum absolute atomic E-state index is 11.1. The van der Waals surface area contributed by atoms with Crippen molar-refractivity contribution in [3.8, 4) is 23.7 Å². The minimum absolute atomic E-state index is 0. The molecule has 0 rings (SSSR count). The molecule has 0 unspecified atom stereocenters. The first-order valence-corrected chi connectivity index (χ1v) is 8.33. The van der Waals surface area contributed by atoms with Crippen molar-refractivity contribution < 1.29 is 4.79 Å². The Morgan fingerprint density at radius 2 is 1.45 bits per heavy atom. The van der Waals surface area contributed by atoms with Crippen LogP contribution in [0.5, 0.6) is 0 Å². The van der Waals surface area contributed by atoms with E-state index in [1.54, 1.807) is 0 Å². The van der Waals surface area contributed by atoms with Crippen LogP contribution in [0.25, 0.3) is 0 Å². The van der Waals surface area contributed by atoms with Gasteiger partial charge in [0.25, 0.3) is 0 Å². The number of carbonyl (C=O) groups excluding carboxylic acids is 1. The number of nitrogens with one attached hydrogen (secondary N) is 1. The summed E-state index contributed by atoms with van der Waals surface area (Å²) in [5, 5.41) is 2.64. The van der Waals surface area contributed by atoms with Crippen molar-refractivity contribution >= 4 is 35.5 Å². The molecule has 0 aliphatic heterocycles. The van der Waals surface area contributed by atoms with Crippen molar-refractivity contribution in [2.24, 2.45) is 0 Å². The van der Waals surface area contributed by atoms with Gasteiger partial charge in [0.2, 0.25) is 5.91 Å². The summed E-state index contributed by atoms with van der Waals surface area (Å²) < 4.78 is 0. The molecule has 0 aliphatic carbocycles. The first kappa shape index (κ1) is 23.9. The molecule has 1 N–H and O–H groups in total. The average Bonchev–Trinajstić information content (AvgIpc) is 2.48. The molecule has 1 radical (unpaired) electrons. The second kappa shape index (κ2) is 20.6. The van der Waals surface area contributed by atoms with Crippen molar-refractivity contribution in [3.63, 3.8) is 0 Å². The summed E-state index contributed by atoms with van der Waals surface area (Å²) in [4.78, 5) is 11.1. The third-order valence-electron chi connectivity index (χ3n) is 3.19. The van der Waals surface area contributed by atoms with Gasteiger partial charge in [0.15, 0.2) is 0 Å². The Bertz CT molecular complexity index is 370. The van der Waals surface area contributed by atoms with Crippen LogP contribution in [0.15, 0.2) is 0 Å². The molecule has 0 saturated heterocycles. The fourth-order valence-electron chi connectivity index (χ4n) is 1.96. The summed E-state index contributed by atoms with van der Waals surface area (Å²) in [6, 6.07) is 0. The summed E-state index contributed by atoms with van der Waals surface area (Å²) in [7, 11) is 0. The van der Waals surface area contributed by atoms with Crippen molar-refractivity contribution in [1.82, 2.24) is 5.32 Å². The number of carbonyl (C=O) groups is 1. The van der Waals surface area contributed by atoms with Gasteiger partial charge in [-0.05, 0) is 25.2 Å². The molecule has 0 atom stereocenters. The fraction of sp³-hybridized carbons (Fsp3) is 0.684. The molecule has 2 nitrogen and oxygen atoms in total. The van der Waals surface area contributed by atoms with Crippen molar-refractivity contribution in [3.05, 3.63) is 6.92 Å². The van der Waals surface area contributed by atoms with Crippen molar-refractivity contribution in [2.45, 2.75) is 77.6 Å². The quantitative estimate of drug-likeness (QED) is 0.352. The van der Waals surface area contributed by atoms with Gasteiger partial charge in [-0.15, -0.1) is 0 Å². The van der Waals surface area contributed by atoms with Gasteiger partial charge in [0.05, 0.1) is 0 Å². The van der Waals surface area contributed by atoms with Gasteiger partial charge in [-0.1, -0.05) is 63.7 Å². The van der Waals surface area contributed by atoms with E-state index in [0.717, 1.165) is 6.42 Å². The van der Waals surface area contributed by atoms with E-state index in [1.807, 2.05) is 0 Å². The number of hydrogen-bond donors (Lipinski definition) is 1. The van der Waals surface area contributed by atoms with Crippen molar-refractivity contribution in [2.75, 3.05) is 6.54 Å². The van der Waals surface area contributed by atoms with Crippen LogP contribution in [0.1, 0.15) is 77.6 Å². The van der Waals surface area contributed by atoms with Gasteiger partial charge in [0.1, 0.15) is 0 Å². The van der Waals surface area contributed by atoms with E-state index >= 15 is 0 Å². The predicted molar refractivity (Wildman–Crippen MR) is 97.5 cm³/mol. The third-order valence-corrected chi connectivity index (χ3v) is 3.19. The minimum atomic E-state index is 0. The Kier molecular flexibility index (Phi) is 22.3. The molecular weight excluding hydrogens is 281 g/mol. The van der Waals surface area contributed by atoms with E-state index in [2.05, 4.69) is 42.8 Å². The molecular formula is C19H31NNaO. The van der Waals surface area contributed by atoms with Gasteiger partial charge in [-0.25, -0.2) is 0 Å². The van der Waals surface area contributed by atoms with Crippen LogP contribution in [0.2, 0.25) is 0 Å². The molecule has 0 aromatic heterocycles. The number of hydrogen-bond acceptors (Lipinski definition) is 1. The van der Waals surface area contributed by atoms with Crippen LogP contribution < -0.4 is 5.32 Å². The Hall–Kier alpha value is -0.410. The second-order valence-electron chi connectivity index (χ2n) is 5.18.